The number of aryl methyl sites for hydroxylation is 1. The molecule has 0 amide bonds. The summed E-state index contributed by atoms with van der Waals surface area (Å²) in [7, 11) is 1.51. The van der Waals surface area contributed by atoms with Crippen LogP contribution in [0, 0.1) is 16.7 Å². The maximum atomic E-state index is 12.4. The van der Waals surface area contributed by atoms with E-state index in [2.05, 4.69) is 6.07 Å². The minimum absolute atomic E-state index is 0.0326. The zero-order valence-electron chi connectivity index (χ0n) is 18.0. The Morgan fingerprint density at radius 2 is 1.72 bits per heavy atom. The molecule has 0 saturated heterocycles. The fourth-order valence-electron chi connectivity index (χ4n) is 4.27. The SMILES string of the molecule is CCCC(CCC)(CC(C#N)(CCC(=O)O)c1cc(CC)ccc1OC)C(=O)O. The molecular weight excluding hydrogens is 370 g/mol. The molecule has 0 radical (unpaired) electrons. The summed E-state index contributed by atoms with van der Waals surface area (Å²) in [6.45, 7) is 5.85. The van der Waals surface area contributed by atoms with Gasteiger partial charge in [0.05, 0.1) is 24.0 Å². The summed E-state index contributed by atoms with van der Waals surface area (Å²) in [6, 6.07) is 7.89. The van der Waals surface area contributed by atoms with Crippen molar-refractivity contribution in [3.63, 3.8) is 0 Å². The summed E-state index contributed by atoms with van der Waals surface area (Å²) >= 11 is 0. The van der Waals surface area contributed by atoms with Gasteiger partial charge in [0.25, 0.3) is 0 Å². The number of carboxylic acid groups (broad SMARTS) is 2. The minimum Gasteiger partial charge on any atom is -0.496 e. The number of benzene rings is 1. The van der Waals surface area contributed by atoms with Crippen LogP contribution in [-0.2, 0) is 21.4 Å². The van der Waals surface area contributed by atoms with Crippen molar-refractivity contribution in [2.24, 2.45) is 5.41 Å². The van der Waals surface area contributed by atoms with Crippen LogP contribution in [-0.4, -0.2) is 29.3 Å². The molecule has 0 spiro atoms. The second-order valence-electron chi connectivity index (χ2n) is 7.74. The van der Waals surface area contributed by atoms with Crippen molar-refractivity contribution in [1.29, 1.82) is 5.26 Å². The molecule has 0 aliphatic heterocycles. The Balaban J connectivity index is 3.71. The summed E-state index contributed by atoms with van der Waals surface area (Å²) in [6.07, 6.45) is 2.81. The van der Waals surface area contributed by atoms with E-state index in [1.165, 1.54) is 7.11 Å². The zero-order valence-corrected chi connectivity index (χ0v) is 18.0. The maximum absolute atomic E-state index is 12.4. The van der Waals surface area contributed by atoms with E-state index in [9.17, 15) is 25.1 Å². The molecule has 0 saturated carbocycles. The van der Waals surface area contributed by atoms with E-state index in [-0.39, 0.29) is 19.3 Å². The molecule has 0 fully saturated rings. The Kier molecular flexibility index (Phi) is 9.16. The lowest BCUT2D eigenvalue weighted by Crippen LogP contribution is -2.40. The lowest BCUT2D eigenvalue weighted by molar-refractivity contribution is -0.151. The number of nitriles is 1. The highest BCUT2D eigenvalue weighted by molar-refractivity contribution is 5.75. The monoisotopic (exact) mass is 403 g/mol. The van der Waals surface area contributed by atoms with Gasteiger partial charge in [-0.15, -0.1) is 0 Å². The Hall–Kier alpha value is -2.55. The zero-order chi connectivity index (χ0) is 22.1. The lowest BCUT2D eigenvalue weighted by Gasteiger charge is -2.38. The first-order valence-corrected chi connectivity index (χ1v) is 10.3. The number of carboxylic acids is 2. The van der Waals surface area contributed by atoms with Crippen LogP contribution < -0.4 is 4.74 Å². The fourth-order valence-corrected chi connectivity index (χ4v) is 4.27. The minimum atomic E-state index is -1.27. The van der Waals surface area contributed by atoms with Crippen LogP contribution >= 0.6 is 0 Å². The van der Waals surface area contributed by atoms with Gasteiger partial charge in [-0.3, -0.25) is 9.59 Å². The number of nitrogens with zero attached hydrogens (tertiary/aromatic N) is 1. The fraction of sp³-hybridized carbons (Fsp3) is 0.609. The summed E-state index contributed by atoms with van der Waals surface area (Å²) in [4.78, 5) is 23.7. The Labute approximate surface area is 173 Å². The van der Waals surface area contributed by atoms with Crippen molar-refractivity contribution in [3.05, 3.63) is 29.3 Å². The summed E-state index contributed by atoms with van der Waals surface area (Å²) in [5, 5.41) is 29.8. The molecule has 1 unspecified atom stereocenters. The molecule has 0 aromatic heterocycles. The van der Waals surface area contributed by atoms with E-state index in [4.69, 9.17) is 4.74 Å². The number of hydrogen-bond donors (Lipinski definition) is 2. The Bertz CT molecular complexity index is 746. The van der Waals surface area contributed by atoms with Crippen molar-refractivity contribution in [2.75, 3.05) is 7.11 Å². The molecule has 29 heavy (non-hydrogen) atoms. The molecule has 0 aliphatic rings. The number of carbonyl (C=O) groups is 2. The van der Waals surface area contributed by atoms with Gasteiger partial charge in [-0.2, -0.15) is 5.26 Å². The molecule has 1 atom stereocenters. The van der Waals surface area contributed by atoms with Gasteiger partial charge in [-0.25, -0.2) is 0 Å². The topological polar surface area (TPSA) is 108 Å². The van der Waals surface area contributed by atoms with Gasteiger partial charge in [-0.1, -0.05) is 45.7 Å². The van der Waals surface area contributed by atoms with Crippen LogP contribution in [0.3, 0.4) is 0 Å². The van der Waals surface area contributed by atoms with Crippen LogP contribution in [0.4, 0.5) is 0 Å². The molecule has 1 rings (SSSR count). The highest BCUT2D eigenvalue weighted by atomic mass is 16.5. The third-order valence-electron chi connectivity index (χ3n) is 5.72. The Morgan fingerprint density at radius 3 is 2.14 bits per heavy atom. The lowest BCUT2D eigenvalue weighted by atomic mass is 9.63. The highest BCUT2D eigenvalue weighted by Gasteiger charge is 2.47. The number of hydrogen-bond acceptors (Lipinski definition) is 4. The molecule has 0 aliphatic carbocycles. The standard InChI is InChI=1S/C23H33NO5/c1-5-11-22(12-6-2,21(27)28)15-23(16-24,13-10-20(25)26)18-14-17(7-3)8-9-19(18)29-4/h8-9,14H,5-7,10-13,15H2,1-4H3,(H,25,26)(H,27,28). The quantitative estimate of drug-likeness (QED) is 0.483. The third kappa shape index (κ3) is 5.72. The van der Waals surface area contributed by atoms with E-state index in [1.807, 2.05) is 32.9 Å². The molecule has 160 valence electrons. The van der Waals surface area contributed by atoms with Gasteiger partial charge in [0.15, 0.2) is 0 Å². The average Bonchev–Trinajstić information content (AvgIpc) is 2.70. The van der Waals surface area contributed by atoms with Crippen LogP contribution in [0.1, 0.15) is 76.8 Å². The normalized spacial score (nSPS) is 13.3. The van der Waals surface area contributed by atoms with Crippen molar-refractivity contribution in [2.45, 2.75) is 77.6 Å². The maximum Gasteiger partial charge on any atom is 0.309 e. The van der Waals surface area contributed by atoms with Crippen LogP contribution in [0.25, 0.3) is 0 Å². The van der Waals surface area contributed by atoms with Gasteiger partial charge < -0.3 is 14.9 Å². The van der Waals surface area contributed by atoms with E-state index >= 15 is 0 Å². The summed E-state index contributed by atoms with van der Waals surface area (Å²) in [5.41, 5.74) is -0.786. The number of ether oxygens (including phenoxy) is 1. The van der Waals surface area contributed by atoms with Gasteiger partial charge in [0, 0.05) is 12.0 Å². The van der Waals surface area contributed by atoms with E-state index in [0.717, 1.165) is 12.0 Å². The predicted octanol–water partition coefficient (Wildman–Crippen LogP) is 4.95. The van der Waals surface area contributed by atoms with Crippen molar-refractivity contribution >= 4 is 11.9 Å². The van der Waals surface area contributed by atoms with Crippen molar-refractivity contribution in [3.8, 4) is 11.8 Å². The van der Waals surface area contributed by atoms with E-state index < -0.39 is 22.8 Å². The average molecular weight is 404 g/mol. The Morgan fingerprint density at radius 1 is 1.10 bits per heavy atom. The van der Waals surface area contributed by atoms with Crippen molar-refractivity contribution in [1.82, 2.24) is 0 Å². The van der Waals surface area contributed by atoms with Crippen molar-refractivity contribution < 1.29 is 24.5 Å². The first-order chi connectivity index (χ1) is 13.7. The van der Waals surface area contributed by atoms with Crippen LogP contribution in [0.15, 0.2) is 18.2 Å². The van der Waals surface area contributed by atoms with Gasteiger partial charge in [0.1, 0.15) is 5.75 Å². The largest absolute Gasteiger partial charge is 0.496 e. The second kappa shape index (κ2) is 10.8. The van der Waals surface area contributed by atoms with Gasteiger partial charge in [0.2, 0.25) is 0 Å². The highest BCUT2D eigenvalue weighted by Crippen LogP contribution is 2.48. The van der Waals surface area contributed by atoms with E-state index in [1.54, 1.807) is 6.07 Å². The molecule has 0 heterocycles. The molecule has 6 nitrogen and oxygen atoms in total. The van der Waals surface area contributed by atoms with Crippen LogP contribution in [0.5, 0.6) is 5.75 Å². The molecule has 1 aromatic carbocycles. The summed E-state index contributed by atoms with van der Waals surface area (Å²) < 4.78 is 5.51. The summed E-state index contributed by atoms with van der Waals surface area (Å²) in [5.74, 6) is -1.45. The van der Waals surface area contributed by atoms with Gasteiger partial charge >= 0.3 is 11.9 Å². The van der Waals surface area contributed by atoms with Gasteiger partial charge in [-0.05, 0) is 43.7 Å². The first-order valence-electron chi connectivity index (χ1n) is 10.3. The number of aliphatic carboxylic acids is 2. The molecule has 6 heteroatoms. The molecule has 0 bridgehead atoms. The number of methoxy groups -OCH3 is 1. The third-order valence-corrected chi connectivity index (χ3v) is 5.72. The smallest absolute Gasteiger partial charge is 0.309 e. The first kappa shape index (κ1) is 24.5. The predicted molar refractivity (Wildman–Crippen MR) is 111 cm³/mol. The number of rotatable bonds is 13. The molecule has 1 aromatic rings. The van der Waals surface area contributed by atoms with Crippen LogP contribution in [0.2, 0.25) is 0 Å². The second-order valence-corrected chi connectivity index (χ2v) is 7.74. The van der Waals surface area contributed by atoms with E-state index in [0.29, 0.717) is 37.0 Å². The molecular formula is C23H33NO5. The molecule has 2 N–H and O–H groups in total.